The summed E-state index contributed by atoms with van der Waals surface area (Å²) < 4.78 is 5.57. The summed E-state index contributed by atoms with van der Waals surface area (Å²) >= 11 is 0. The zero-order valence-electron chi connectivity index (χ0n) is 19.7. The lowest BCUT2D eigenvalue weighted by Crippen LogP contribution is -2.47. The molecule has 0 bridgehead atoms. The number of nitrogens with zero attached hydrogens (tertiary/aromatic N) is 3. The van der Waals surface area contributed by atoms with Gasteiger partial charge in [-0.2, -0.15) is 0 Å². The summed E-state index contributed by atoms with van der Waals surface area (Å²) in [4.78, 5) is 34.1. The van der Waals surface area contributed by atoms with E-state index in [4.69, 9.17) is 4.74 Å². The number of fused-ring (bicyclic) bond motifs is 3. The summed E-state index contributed by atoms with van der Waals surface area (Å²) in [7, 11) is 0. The van der Waals surface area contributed by atoms with Crippen LogP contribution in [-0.2, 0) is 20.9 Å². The number of amides is 2. The van der Waals surface area contributed by atoms with Crippen molar-refractivity contribution >= 4 is 29.3 Å². The molecule has 1 N–H and O–H groups in total. The standard InChI is InChI=1S/C28H30N4O3/c33-26-13-25-18-35-9-8-31(25)17-24-10-19(14-29-28(24)30-26)6-7-27(34)32-15-22-11-21(12-23(22)16-32)20-4-2-1-3-5-20/h1-7,10-11,14,22-23,25H,8-9,12-13,15-18H2,(H,29,30,33)/b7-6+. The highest BCUT2D eigenvalue weighted by atomic mass is 16.5. The third kappa shape index (κ3) is 4.66. The number of allylic oxidation sites excluding steroid dienone is 1. The van der Waals surface area contributed by atoms with Crippen LogP contribution in [0.5, 0.6) is 0 Å². The predicted octanol–water partition coefficient (Wildman–Crippen LogP) is 3.20. The van der Waals surface area contributed by atoms with Gasteiger partial charge in [0.15, 0.2) is 0 Å². The Labute approximate surface area is 205 Å². The van der Waals surface area contributed by atoms with Gasteiger partial charge in [0.05, 0.1) is 13.2 Å². The van der Waals surface area contributed by atoms with E-state index in [1.807, 2.05) is 23.1 Å². The van der Waals surface area contributed by atoms with E-state index < -0.39 is 0 Å². The Bertz CT molecular complexity index is 1190. The van der Waals surface area contributed by atoms with Crippen molar-refractivity contribution in [3.05, 3.63) is 71.4 Å². The molecular weight excluding hydrogens is 440 g/mol. The molecule has 4 heterocycles. The normalized spacial score (nSPS) is 26.4. The molecule has 1 aromatic heterocycles. The van der Waals surface area contributed by atoms with E-state index >= 15 is 0 Å². The third-order valence-corrected chi connectivity index (χ3v) is 7.65. The molecule has 7 heteroatoms. The number of carbonyl (C=O) groups excluding carboxylic acids is 2. The van der Waals surface area contributed by atoms with Gasteiger partial charge in [-0.05, 0) is 47.1 Å². The largest absolute Gasteiger partial charge is 0.378 e. The lowest BCUT2D eigenvalue weighted by Gasteiger charge is -2.36. The maximum atomic E-state index is 12.9. The van der Waals surface area contributed by atoms with Crippen LogP contribution in [0.3, 0.4) is 0 Å². The van der Waals surface area contributed by atoms with Crippen LogP contribution in [0.15, 0.2) is 54.7 Å². The smallest absolute Gasteiger partial charge is 0.246 e. The molecule has 35 heavy (non-hydrogen) atoms. The number of rotatable bonds is 3. The van der Waals surface area contributed by atoms with Crippen LogP contribution in [0.1, 0.15) is 29.5 Å². The summed E-state index contributed by atoms with van der Waals surface area (Å²) in [6.45, 7) is 4.33. The van der Waals surface area contributed by atoms with Crippen molar-refractivity contribution in [2.45, 2.75) is 25.4 Å². The quantitative estimate of drug-likeness (QED) is 0.698. The SMILES string of the molecule is O=C1CC2COCCN2Cc2cc(/C=C/C(=O)N3CC4C=C(c5ccccc5)CC4C3)cnc2N1. The molecule has 1 aliphatic carbocycles. The van der Waals surface area contributed by atoms with Crippen LogP contribution < -0.4 is 5.32 Å². The van der Waals surface area contributed by atoms with E-state index in [0.717, 1.165) is 37.2 Å². The Balaban J connectivity index is 1.12. The van der Waals surface area contributed by atoms with Crippen molar-refractivity contribution < 1.29 is 14.3 Å². The molecule has 180 valence electrons. The predicted molar refractivity (Wildman–Crippen MR) is 134 cm³/mol. The number of aromatic nitrogens is 1. The molecule has 0 spiro atoms. The number of hydrogen-bond acceptors (Lipinski definition) is 5. The molecule has 2 aromatic rings. The summed E-state index contributed by atoms with van der Waals surface area (Å²) in [6.07, 6.45) is 9.03. The Morgan fingerprint density at radius 2 is 2.06 bits per heavy atom. The molecule has 0 radical (unpaired) electrons. The highest BCUT2D eigenvalue weighted by Gasteiger charge is 2.37. The second-order valence-electron chi connectivity index (χ2n) is 9.99. The monoisotopic (exact) mass is 470 g/mol. The number of nitrogens with one attached hydrogen (secondary N) is 1. The topological polar surface area (TPSA) is 74.8 Å². The molecule has 3 aliphatic heterocycles. The maximum Gasteiger partial charge on any atom is 0.246 e. The van der Waals surface area contributed by atoms with Crippen LogP contribution in [0, 0.1) is 11.8 Å². The molecule has 3 atom stereocenters. The Kier molecular flexibility index (Phi) is 5.96. The van der Waals surface area contributed by atoms with Gasteiger partial charge in [-0.3, -0.25) is 14.5 Å². The van der Waals surface area contributed by atoms with Crippen molar-refractivity contribution in [2.75, 3.05) is 38.2 Å². The molecule has 2 fully saturated rings. The maximum absolute atomic E-state index is 12.9. The molecule has 1 aromatic carbocycles. The van der Waals surface area contributed by atoms with Crippen molar-refractivity contribution in [3.63, 3.8) is 0 Å². The van der Waals surface area contributed by atoms with Crippen LogP contribution in [0.4, 0.5) is 5.82 Å². The highest BCUT2D eigenvalue weighted by molar-refractivity contribution is 5.93. The molecule has 7 nitrogen and oxygen atoms in total. The van der Waals surface area contributed by atoms with Gasteiger partial charge in [-0.25, -0.2) is 4.98 Å². The summed E-state index contributed by atoms with van der Waals surface area (Å²) in [5.74, 6) is 1.55. The molecule has 0 saturated carbocycles. The van der Waals surface area contributed by atoms with Gasteiger partial charge in [0.25, 0.3) is 0 Å². The van der Waals surface area contributed by atoms with E-state index in [1.54, 1.807) is 12.3 Å². The number of carbonyl (C=O) groups is 2. The number of hydrogen-bond donors (Lipinski definition) is 1. The van der Waals surface area contributed by atoms with Gasteiger partial charge in [0.2, 0.25) is 11.8 Å². The van der Waals surface area contributed by atoms with Crippen LogP contribution in [-0.4, -0.2) is 65.5 Å². The van der Waals surface area contributed by atoms with E-state index in [-0.39, 0.29) is 17.9 Å². The zero-order chi connectivity index (χ0) is 23.8. The summed E-state index contributed by atoms with van der Waals surface area (Å²) in [5.41, 5.74) is 4.53. The van der Waals surface area contributed by atoms with Crippen LogP contribution >= 0.6 is 0 Å². The minimum atomic E-state index is -0.0403. The zero-order valence-corrected chi connectivity index (χ0v) is 19.7. The lowest BCUT2D eigenvalue weighted by molar-refractivity contribution is -0.125. The minimum absolute atomic E-state index is 0.0403. The second kappa shape index (κ2) is 9.40. The number of ether oxygens (including phenoxy) is 1. The lowest BCUT2D eigenvalue weighted by atomic mass is 9.98. The summed E-state index contributed by atoms with van der Waals surface area (Å²) in [5, 5.41) is 2.93. The van der Waals surface area contributed by atoms with E-state index in [9.17, 15) is 9.59 Å². The number of morpholine rings is 1. The first-order chi connectivity index (χ1) is 17.1. The number of pyridine rings is 1. The highest BCUT2D eigenvalue weighted by Crippen LogP contribution is 2.41. The van der Waals surface area contributed by atoms with E-state index in [2.05, 4.69) is 45.5 Å². The third-order valence-electron chi connectivity index (χ3n) is 7.65. The summed E-state index contributed by atoms with van der Waals surface area (Å²) in [6, 6.07) is 12.7. The van der Waals surface area contributed by atoms with E-state index in [0.29, 0.717) is 43.8 Å². The molecular formula is C28H30N4O3. The number of benzene rings is 1. The minimum Gasteiger partial charge on any atom is -0.378 e. The van der Waals surface area contributed by atoms with Crippen LogP contribution in [0.2, 0.25) is 0 Å². The first-order valence-corrected chi connectivity index (χ1v) is 12.5. The van der Waals surface area contributed by atoms with Gasteiger partial charge in [0, 0.05) is 56.5 Å². The average molecular weight is 471 g/mol. The van der Waals surface area contributed by atoms with Crippen LogP contribution in [0.25, 0.3) is 11.6 Å². The van der Waals surface area contributed by atoms with E-state index in [1.165, 1.54) is 11.1 Å². The molecule has 4 aliphatic rings. The van der Waals surface area contributed by atoms with Crippen molar-refractivity contribution in [3.8, 4) is 0 Å². The van der Waals surface area contributed by atoms with Crippen molar-refractivity contribution in [1.82, 2.24) is 14.8 Å². The number of likely N-dealkylation sites (tertiary alicyclic amines) is 1. The Morgan fingerprint density at radius 1 is 1.17 bits per heavy atom. The fourth-order valence-corrected chi connectivity index (χ4v) is 5.78. The molecule has 3 unspecified atom stereocenters. The first kappa shape index (κ1) is 22.2. The van der Waals surface area contributed by atoms with Gasteiger partial charge < -0.3 is 15.0 Å². The fourth-order valence-electron chi connectivity index (χ4n) is 5.78. The molecule has 2 saturated heterocycles. The molecule has 2 amide bonds. The number of anilines is 1. The fraction of sp³-hybridized carbons (Fsp3) is 0.393. The Morgan fingerprint density at radius 3 is 2.91 bits per heavy atom. The van der Waals surface area contributed by atoms with Gasteiger partial charge >= 0.3 is 0 Å². The second-order valence-corrected chi connectivity index (χ2v) is 9.99. The first-order valence-electron chi connectivity index (χ1n) is 12.5. The van der Waals surface area contributed by atoms with Crippen molar-refractivity contribution in [2.24, 2.45) is 11.8 Å². The van der Waals surface area contributed by atoms with Gasteiger partial charge in [-0.1, -0.05) is 36.4 Å². The molecule has 6 rings (SSSR count). The average Bonchev–Trinajstić information content (AvgIpc) is 3.44. The van der Waals surface area contributed by atoms with Gasteiger partial charge in [-0.15, -0.1) is 0 Å². The Hall–Kier alpha value is -3.29. The van der Waals surface area contributed by atoms with Crippen molar-refractivity contribution in [1.29, 1.82) is 0 Å². The van der Waals surface area contributed by atoms with Gasteiger partial charge in [0.1, 0.15) is 5.82 Å².